The Morgan fingerprint density at radius 2 is 1.77 bits per heavy atom. The van der Waals surface area contributed by atoms with Crippen molar-refractivity contribution in [1.82, 2.24) is 5.32 Å². The highest BCUT2D eigenvalue weighted by atomic mass is 32.1. The van der Waals surface area contributed by atoms with Crippen molar-refractivity contribution in [3.8, 4) is 5.75 Å². The number of benzene rings is 2. The molecule has 1 amide bonds. The molecule has 2 aromatic carbocycles. The van der Waals surface area contributed by atoms with Crippen molar-refractivity contribution in [3.05, 3.63) is 60.2 Å². The van der Waals surface area contributed by atoms with Crippen molar-refractivity contribution >= 4 is 28.9 Å². The van der Waals surface area contributed by atoms with E-state index in [0.717, 1.165) is 23.4 Å². The summed E-state index contributed by atoms with van der Waals surface area (Å²) in [6, 6.07) is 17.5. The summed E-state index contributed by atoms with van der Waals surface area (Å²) in [5.41, 5.74) is 1.95. The molecule has 0 unspecified atom stereocenters. The minimum atomic E-state index is -0.0972. The normalized spacial score (nSPS) is 10.4. The quantitative estimate of drug-likeness (QED) is 0.669. The summed E-state index contributed by atoms with van der Waals surface area (Å²) < 4.78 is 5.68. The molecule has 0 saturated carbocycles. The Labute approximate surface area is 161 Å². The number of amides is 1. The number of carbonyl (C=O) groups is 1. The smallest absolute Gasteiger partial charge is 0.226 e. The molecule has 2 aromatic rings. The van der Waals surface area contributed by atoms with Crippen molar-refractivity contribution in [2.45, 2.75) is 33.1 Å². The molecule has 2 N–H and O–H groups in total. The summed E-state index contributed by atoms with van der Waals surface area (Å²) >= 11 is 5.20. The van der Waals surface area contributed by atoms with Crippen LogP contribution in [-0.4, -0.2) is 17.6 Å². The number of thiocarbonyl (C=S) groups is 1. The first-order chi connectivity index (χ1) is 12.5. The van der Waals surface area contributed by atoms with Crippen LogP contribution >= 0.6 is 12.2 Å². The van der Waals surface area contributed by atoms with Crippen LogP contribution in [0.5, 0.6) is 5.75 Å². The van der Waals surface area contributed by atoms with Gasteiger partial charge in [0.1, 0.15) is 5.75 Å². The molecule has 0 bridgehead atoms. The van der Waals surface area contributed by atoms with Gasteiger partial charge in [0.25, 0.3) is 0 Å². The average molecular weight is 371 g/mol. The lowest BCUT2D eigenvalue weighted by molar-refractivity contribution is -0.119. The topological polar surface area (TPSA) is 50.4 Å². The van der Waals surface area contributed by atoms with Crippen molar-refractivity contribution in [1.29, 1.82) is 0 Å². The number of nitrogens with one attached hydrogen (secondary N) is 2. The third-order valence-electron chi connectivity index (χ3n) is 3.81. The van der Waals surface area contributed by atoms with E-state index in [0.29, 0.717) is 30.5 Å². The Morgan fingerprint density at radius 3 is 2.42 bits per heavy atom. The third kappa shape index (κ3) is 7.66. The number of carbonyl (C=O) groups excluding carboxylic acids is 1. The molecule has 4 nitrogen and oxygen atoms in total. The zero-order chi connectivity index (χ0) is 18.8. The van der Waals surface area contributed by atoms with Gasteiger partial charge in [0, 0.05) is 12.1 Å². The van der Waals surface area contributed by atoms with Gasteiger partial charge in [0.2, 0.25) is 5.91 Å². The molecular weight excluding hydrogens is 344 g/mol. The Hall–Kier alpha value is -2.40. The number of hydrogen-bond donors (Lipinski definition) is 2. The molecule has 0 spiro atoms. The van der Waals surface area contributed by atoms with Crippen LogP contribution in [0, 0.1) is 5.92 Å². The van der Waals surface area contributed by atoms with E-state index in [1.54, 1.807) is 0 Å². The molecule has 0 radical (unpaired) electrons. The van der Waals surface area contributed by atoms with Crippen molar-refractivity contribution in [2.75, 3.05) is 11.9 Å². The Balaban J connectivity index is 1.72. The largest absolute Gasteiger partial charge is 0.494 e. The predicted octanol–water partition coefficient (Wildman–Crippen LogP) is 4.56. The van der Waals surface area contributed by atoms with Gasteiger partial charge in [-0.25, -0.2) is 0 Å². The van der Waals surface area contributed by atoms with Gasteiger partial charge in [-0.05, 0) is 60.8 Å². The van der Waals surface area contributed by atoms with E-state index in [4.69, 9.17) is 17.0 Å². The van der Waals surface area contributed by atoms with Gasteiger partial charge in [0.15, 0.2) is 5.11 Å². The zero-order valence-corrected chi connectivity index (χ0v) is 16.1. The average Bonchev–Trinajstić information content (AvgIpc) is 2.62. The molecule has 26 heavy (non-hydrogen) atoms. The molecule has 0 fully saturated rings. The minimum absolute atomic E-state index is 0.0972. The molecule has 0 aromatic heterocycles. The lowest BCUT2D eigenvalue weighted by atomic mass is 10.1. The Morgan fingerprint density at radius 1 is 1.08 bits per heavy atom. The summed E-state index contributed by atoms with van der Waals surface area (Å²) in [6.07, 6.45) is 2.12. The summed E-state index contributed by atoms with van der Waals surface area (Å²) in [5.74, 6) is 1.35. The lowest BCUT2D eigenvalue weighted by Crippen LogP contribution is -2.34. The van der Waals surface area contributed by atoms with Gasteiger partial charge in [-0.3, -0.25) is 4.79 Å². The number of rotatable bonds is 8. The number of anilines is 1. The SMILES string of the molecule is CC(C)CCOc1ccc(NC(=S)NC(=O)CCc2ccccc2)cc1. The fourth-order valence-corrected chi connectivity index (χ4v) is 2.53. The number of ether oxygens (including phenoxy) is 1. The molecule has 138 valence electrons. The second-order valence-electron chi connectivity index (χ2n) is 6.54. The van der Waals surface area contributed by atoms with Crippen molar-refractivity contribution in [3.63, 3.8) is 0 Å². The number of aryl methyl sites for hydroxylation is 1. The maximum atomic E-state index is 12.0. The van der Waals surface area contributed by atoms with Gasteiger partial charge in [-0.2, -0.15) is 0 Å². The molecule has 0 heterocycles. The Kier molecular flexibility index (Phi) is 8.09. The highest BCUT2D eigenvalue weighted by Crippen LogP contribution is 2.16. The van der Waals surface area contributed by atoms with Gasteiger partial charge >= 0.3 is 0 Å². The second-order valence-corrected chi connectivity index (χ2v) is 6.95. The van der Waals surface area contributed by atoms with Crippen molar-refractivity contribution < 1.29 is 9.53 Å². The van der Waals surface area contributed by atoms with E-state index in [2.05, 4.69) is 24.5 Å². The van der Waals surface area contributed by atoms with Crippen LogP contribution in [0.3, 0.4) is 0 Å². The van der Waals surface area contributed by atoms with E-state index in [9.17, 15) is 4.79 Å². The first-order valence-corrected chi connectivity index (χ1v) is 9.31. The van der Waals surface area contributed by atoms with Crippen LogP contribution in [0.15, 0.2) is 54.6 Å². The van der Waals surface area contributed by atoms with E-state index >= 15 is 0 Å². The lowest BCUT2D eigenvalue weighted by Gasteiger charge is -2.11. The van der Waals surface area contributed by atoms with E-state index < -0.39 is 0 Å². The maximum absolute atomic E-state index is 12.0. The third-order valence-corrected chi connectivity index (χ3v) is 4.02. The molecule has 5 heteroatoms. The highest BCUT2D eigenvalue weighted by molar-refractivity contribution is 7.80. The van der Waals surface area contributed by atoms with Gasteiger partial charge in [-0.1, -0.05) is 44.2 Å². The van der Waals surface area contributed by atoms with Crippen LogP contribution in [0.4, 0.5) is 5.69 Å². The summed E-state index contributed by atoms with van der Waals surface area (Å²) in [7, 11) is 0. The highest BCUT2D eigenvalue weighted by Gasteiger charge is 2.06. The molecular formula is C21H26N2O2S. The van der Waals surface area contributed by atoms with Gasteiger partial charge in [0.05, 0.1) is 6.61 Å². The van der Waals surface area contributed by atoms with Crippen LogP contribution in [0.1, 0.15) is 32.3 Å². The fourth-order valence-electron chi connectivity index (χ4n) is 2.30. The molecule has 0 aliphatic carbocycles. The van der Waals surface area contributed by atoms with Crippen LogP contribution in [0.25, 0.3) is 0 Å². The van der Waals surface area contributed by atoms with E-state index in [-0.39, 0.29) is 5.91 Å². The molecule has 0 aliphatic rings. The van der Waals surface area contributed by atoms with Crippen molar-refractivity contribution in [2.24, 2.45) is 5.92 Å². The minimum Gasteiger partial charge on any atom is -0.494 e. The van der Waals surface area contributed by atoms with Crippen LogP contribution in [-0.2, 0) is 11.2 Å². The maximum Gasteiger partial charge on any atom is 0.226 e. The zero-order valence-electron chi connectivity index (χ0n) is 15.3. The summed E-state index contributed by atoms with van der Waals surface area (Å²) in [5, 5.41) is 6.03. The first kappa shape index (κ1) is 19.9. The van der Waals surface area contributed by atoms with E-state index in [1.165, 1.54) is 0 Å². The molecule has 0 saturated heterocycles. The van der Waals surface area contributed by atoms with Gasteiger partial charge < -0.3 is 15.4 Å². The number of hydrogen-bond acceptors (Lipinski definition) is 3. The Bertz CT molecular complexity index is 700. The predicted molar refractivity (Wildman–Crippen MR) is 111 cm³/mol. The standard InChI is InChI=1S/C21H26N2O2S/c1-16(2)14-15-25-19-11-9-18(10-12-19)22-21(26)23-20(24)13-8-17-6-4-3-5-7-17/h3-7,9-12,16H,8,13-15H2,1-2H3,(H2,22,23,24,26). The molecule has 0 aliphatic heterocycles. The molecule has 2 rings (SSSR count). The van der Waals surface area contributed by atoms with Gasteiger partial charge in [-0.15, -0.1) is 0 Å². The fraction of sp³-hybridized carbons (Fsp3) is 0.333. The van der Waals surface area contributed by atoms with Crippen LogP contribution < -0.4 is 15.4 Å². The monoisotopic (exact) mass is 370 g/mol. The molecule has 0 atom stereocenters. The van der Waals surface area contributed by atoms with E-state index in [1.807, 2.05) is 54.6 Å². The summed E-state index contributed by atoms with van der Waals surface area (Å²) in [4.78, 5) is 12.0. The van der Waals surface area contributed by atoms with Crippen LogP contribution in [0.2, 0.25) is 0 Å². The second kappa shape index (κ2) is 10.6. The first-order valence-electron chi connectivity index (χ1n) is 8.90. The summed E-state index contributed by atoms with van der Waals surface area (Å²) in [6.45, 7) is 5.05.